The lowest BCUT2D eigenvalue weighted by Crippen LogP contribution is -2.26. The first-order chi connectivity index (χ1) is 8.88. The van der Waals surface area contributed by atoms with Crippen molar-refractivity contribution < 1.29 is 4.74 Å². The zero-order valence-corrected chi connectivity index (χ0v) is 11.5. The Hall–Kier alpha value is -1.02. The summed E-state index contributed by atoms with van der Waals surface area (Å²) in [5.74, 6) is 1.92. The average Bonchev–Trinajstić information content (AvgIpc) is 2.34. The van der Waals surface area contributed by atoms with Gasteiger partial charge in [-0.05, 0) is 49.4 Å². The van der Waals surface area contributed by atoms with E-state index in [-0.39, 0.29) is 0 Å². The smallest absolute Gasteiger partial charge is 0.119 e. The highest BCUT2D eigenvalue weighted by Gasteiger charge is 2.16. The van der Waals surface area contributed by atoms with Gasteiger partial charge in [-0.3, -0.25) is 0 Å². The Morgan fingerprint density at radius 3 is 2.61 bits per heavy atom. The molecule has 1 aromatic carbocycles. The van der Waals surface area contributed by atoms with Crippen molar-refractivity contribution in [1.29, 1.82) is 0 Å². The van der Waals surface area contributed by atoms with E-state index < -0.39 is 0 Å². The Morgan fingerprint density at radius 2 is 2.00 bits per heavy atom. The van der Waals surface area contributed by atoms with E-state index in [1.165, 1.54) is 37.8 Å². The highest BCUT2D eigenvalue weighted by atomic mass is 16.5. The van der Waals surface area contributed by atoms with Crippen molar-refractivity contribution in [2.24, 2.45) is 5.92 Å². The molecule has 0 heterocycles. The van der Waals surface area contributed by atoms with Crippen molar-refractivity contribution in [3.05, 3.63) is 29.8 Å². The molecular weight excluding hydrogens is 222 g/mol. The summed E-state index contributed by atoms with van der Waals surface area (Å²) in [7, 11) is 0. The van der Waals surface area contributed by atoms with E-state index in [1.807, 2.05) is 0 Å². The van der Waals surface area contributed by atoms with Crippen molar-refractivity contribution in [3.8, 4) is 5.75 Å². The van der Waals surface area contributed by atoms with Crippen molar-refractivity contribution in [2.75, 3.05) is 13.2 Å². The van der Waals surface area contributed by atoms with Gasteiger partial charge in [0.1, 0.15) is 5.75 Å². The average molecular weight is 247 g/mol. The topological polar surface area (TPSA) is 21.3 Å². The molecule has 1 aliphatic carbocycles. The van der Waals surface area contributed by atoms with Crippen molar-refractivity contribution >= 4 is 0 Å². The van der Waals surface area contributed by atoms with Crippen LogP contribution in [0, 0.1) is 5.92 Å². The van der Waals surface area contributed by atoms with Crippen LogP contribution in [0.3, 0.4) is 0 Å². The predicted octanol–water partition coefficient (Wildman–Crippen LogP) is 3.76. The largest absolute Gasteiger partial charge is 0.494 e. The lowest BCUT2D eigenvalue weighted by Gasteiger charge is -2.25. The fourth-order valence-corrected chi connectivity index (χ4v) is 2.16. The molecule has 0 spiro atoms. The lowest BCUT2D eigenvalue weighted by atomic mass is 9.85. The third kappa shape index (κ3) is 4.34. The van der Waals surface area contributed by atoms with Crippen LogP contribution in [-0.4, -0.2) is 13.2 Å². The monoisotopic (exact) mass is 247 g/mol. The minimum Gasteiger partial charge on any atom is -0.494 e. The van der Waals surface area contributed by atoms with E-state index in [9.17, 15) is 0 Å². The highest BCUT2D eigenvalue weighted by Crippen LogP contribution is 2.25. The van der Waals surface area contributed by atoms with E-state index >= 15 is 0 Å². The molecule has 0 radical (unpaired) electrons. The van der Waals surface area contributed by atoms with Gasteiger partial charge in [0.05, 0.1) is 6.61 Å². The molecule has 2 nitrogen and oxygen atoms in total. The van der Waals surface area contributed by atoms with Gasteiger partial charge in [-0.25, -0.2) is 0 Å². The molecule has 0 unspecified atom stereocenters. The Labute approximate surface area is 111 Å². The molecule has 0 aromatic heterocycles. The van der Waals surface area contributed by atoms with E-state index in [0.29, 0.717) is 0 Å². The zero-order chi connectivity index (χ0) is 12.6. The number of hydrogen-bond donors (Lipinski definition) is 1. The molecule has 1 fully saturated rings. The van der Waals surface area contributed by atoms with Crippen LogP contribution < -0.4 is 10.1 Å². The molecule has 1 N–H and O–H groups in total. The maximum absolute atomic E-state index is 5.65. The van der Waals surface area contributed by atoms with Crippen LogP contribution in [0.25, 0.3) is 0 Å². The minimum atomic E-state index is 0.829. The van der Waals surface area contributed by atoms with Crippen LogP contribution in [0.15, 0.2) is 24.3 Å². The molecule has 2 rings (SSSR count). The van der Waals surface area contributed by atoms with Gasteiger partial charge in [0.25, 0.3) is 0 Å². The molecular formula is C16H25NO. The molecule has 2 heteroatoms. The van der Waals surface area contributed by atoms with Gasteiger partial charge in [0, 0.05) is 6.54 Å². The maximum Gasteiger partial charge on any atom is 0.119 e. The molecule has 18 heavy (non-hydrogen) atoms. The molecule has 100 valence electrons. The Morgan fingerprint density at radius 1 is 1.22 bits per heavy atom. The third-order valence-electron chi connectivity index (χ3n) is 3.68. The molecule has 0 bridgehead atoms. The Kier molecular flexibility index (Phi) is 5.53. The second-order valence-corrected chi connectivity index (χ2v) is 5.27. The Bertz CT molecular complexity index is 329. The minimum absolute atomic E-state index is 0.829. The van der Waals surface area contributed by atoms with Crippen LogP contribution in [0.2, 0.25) is 0 Å². The van der Waals surface area contributed by atoms with Gasteiger partial charge < -0.3 is 10.1 Å². The molecule has 0 aliphatic heterocycles. The fraction of sp³-hybridized carbons (Fsp3) is 0.625. The number of ether oxygens (including phenoxy) is 1. The number of unbranched alkanes of at least 4 members (excludes halogenated alkanes) is 1. The summed E-state index contributed by atoms with van der Waals surface area (Å²) in [5.41, 5.74) is 1.34. The summed E-state index contributed by atoms with van der Waals surface area (Å²) >= 11 is 0. The van der Waals surface area contributed by atoms with Gasteiger partial charge in [0.2, 0.25) is 0 Å². The van der Waals surface area contributed by atoms with Gasteiger partial charge in [-0.15, -0.1) is 0 Å². The molecule has 1 aromatic rings. The van der Waals surface area contributed by atoms with Gasteiger partial charge in [0.15, 0.2) is 0 Å². The van der Waals surface area contributed by atoms with Crippen LogP contribution in [0.4, 0.5) is 0 Å². The van der Waals surface area contributed by atoms with Gasteiger partial charge >= 0.3 is 0 Å². The number of hydrogen-bond acceptors (Lipinski definition) is 2. The first-order valence-electron chi connectivity index (χ1n) is 7.31. The second kappa shape index (κ2) is 7.42. The van der Waals surface area contributed by atoms with Gasteiger partial charge in [-0.2, -0.15) is 0 Å². The maximum atomic E-state index is 5.65. The summed E-state index contributed by atoms with van der Waals surface area (Å²) in [6, 6.07) is 8.48. The van der Waals surface area contributed by atoms with E-state index in [4.69, 9.17) is 4.74 Å². The number of rotatable bonds is 8. The summed E-state index contributed by atoms with van der Waals surface area (Å²) in [6.45, 7) is 5.16. The first-order valence-corrected chi connectivity index (χ1v) is 7.31. The SMILES string of the molecule is CCCCOc1ccc(CNCC2CCC2)cc1. The first kappa shape index (κ1) is 13.4. The second-order valence-electron chi connectivity index (χ2n) is 5.27. The van der Waals surface area contributed by atoms with Gasteiger partial charge in [-0.1, -0.05) is 31.9 Å². The molecule has 0 saturated heterocycles. The van der Waals surface area contributed by atoms with Crippen molar-refractivity contribution in [3.63, 3.8) is 0 Å². The summed E-state index contributed by atoms with van der Waals surface area (Å²) in [5, 5.41) is 3.53. The molecule has 0 amide bonds. The lowest BCUT2D eigenvalue weighted by molar-refractivity contribution is 0.301. The zero-order valence-electron chi connectivity index (χ0n) is 11.5. The number of nitrogens with one attached hydrogen (secondary N) is 1. The van der Waals surface area contributed by atoms with E-state index in [2.05, 4.69) is 36.5 Å². The standard InChI is InChI=1S/C16H25NO/c1-2-3-11-18-16-9-7-15(8-10-16)13-17-12-14-5-4-6-14/h7-10,14,17H,2-6,11-13H2,1H3. The fourth-order valence-electron chi connectivity index (χ4n) is 2.16. The highest BCUT2D eigenvalue weighted by molar-refractivity contribution is 5.27. The predicted molar refractivity (Wildman–Crippen MR) is 75.9 cm³/mol. The molecule has 1 saturated carbocycles. The molecule has 1 aliphatic rings. The third-order valence-corrected chi connectivity index (χ3v) is 3.68. The van der Waals surface area contributed by atoms with E-state index in [1.54, 1.807) is 0 Å². The normalized spacial score (nSPS) is 15.4. The quantitative estimate of drug-likeness (QED) is 0.706. The molecule has 0 atom stereocenters. The van der Waals surface area contributed by atoms with Crippen molar-refractivity contribution in [2.45, 2.75) is 45.6 Å². The Balaban J connectivity index is 1.66. The van der Waals surface area contributed by atoms with Crippen LogP contribution >= 0.6 is 0 Å². The van der Waals surface area contributed by atoms with E-state index in [0.717, 1.165) is 31.2 Å². The summed E-state index contributed by atoms with van der Waals surface area (Å²) in [4.78, 5) is 0. The summed E-state index contributed by atoms with van der Waals surface area (Å²) < 4.78 is 5.65. The summed E-state index contributed by atoms with van der Waals surface area (Å²) in [6.07, 6.45) is 6.57. The van der Waals surface area contributed by atoms with Crippen molar-refractivity contribution in [1.82, 2.24) is 5.32 Å². The van der Waals surface area contributed by atoms with Crippen LogP contribution in [0.1, 0.15) is 44.6 Å². The van der Waals surface area contributed by atoms with Crippen LogP contribution in [0.5, 0.6) is 5.75 Å². The van der Waals surface area contributed by atoms with Crippen LogP contribution in [-0.2, 0) is 6.54 Å². The number of benzene rings is 1.